The van der Waals surface area contributed by atoms with Crippen molar-refractivity contribution in [2.45, 2.75) is 0 Å². The van der Waals surface area contributed by atoms with Crippen LogP contribution < -0.4 is 4.90 Å². The molecule has 2 aromatic heterocycles. The highest BCUT2D eigenvalue weighted by atomic mass is 32.1. The summed E-state index contributed by atoms with van der Waals surface area (Å²) in [6.07, 6.45) is 0. The molecule has 61 heavy (non-hydrogen) atoms. The SMILES string of the molecule is c1cc(-c2ccc3oc4ccccc4c3c2)cc(N(c2ccc(-c3ccc(-c4cccc5ccccc45)cc3)cc2)c2ccc(-c3ccc4c(c3)sc3ccccc34)cc2)c1. The number of fused-ring (bicyclic) bond motifs is 7. The second kappa shape index (κ2) is 14.5. The molecule has 12 rings (SSSR count). The van der Waals surface area contributed by atoms with Crippen molar-refractivity contribution in [1.82, 2.24) is 0 Å². The predicted octanol–water partition coefficient (Wildman–Crippen LogP) is 17.2. The molecule has 0 bridgehead atoms. The second-order valence-corrected chi connectivity index (χ2v) is 16.8. The van der Waals surface area contributed by atoms with E-state index in [-0.39, 0.29) is 0 Å². The number of anilines is 3. The van der Waals surface area contributed by atoms with Crippen LogP contribution in [0.25, 0.3) is 97.4 Å². The van der Waals surface area contributed by atoms with Gasteiger partial charge in [-0.1, -0.05) is 158 Å². The Morgan fingerprint density at radius 2 is 0.836 bits per heavy atom. The summed E-state index contributed by atoms with van der Waals surface area (Å²) in [4.78, 5) is 2.36. The smallest absolute Gasteiger partial charge is 0.135 e. The molecule has 10 aromatic carbocycles. The predicted molar refractivity (Wildman–Crippen MR) is 261 cm³/mol. The van der Waals surface area contributed by atoms with Gasteiger partial charge in [0.05, 0.1) is 0 Å². The number of hydrogen-bond acceptors (Lipinski definition) is 3. The molecule has 0 spiro atoms. The van der Waals surface area contributed by atoms with Gasteiger partial charge in [0.2, 0.25) is 0 Å². The molecular weight excluding hydrogens is 759 g/mol. The summed E-state index contributed by atoms with van der Waals surface area (Å²) in [7, 11) is 0. The van der Waals surface area contributed by atoms with Crippen LogP contribution in [0.3, 0.4) is 0 Å². The topological polar surface area (TPSA) is 16.4 Å². The molecule has 0 aliphatic heterocycles. The van der Waals surface area contributed by atoms with Crippen LogP contribution in [0.5, 0.6) is 0 Å². The Kier molecular flexibility index (Phi) is 8.39. The molecule has 0 N–H and O–H groups in total. The standard InChI is InChI=1S/C58H37NOS/c1-2-13-49-41(9-1)10-8-16-50(49)42-21-19-38(20-22-42)39-23-29-46(30-24-39)59(47-31-25-40(26-32-47)45-27-33-53-52-15-4-6-18-57(52)61-58(53)37-45)48-12-7-11-43(35-48)44-28-34-56-54(36-44)51-14-3-5-17-55(51)60-56/h1-37H. The Hall–Kier alpha value is -7.72. The zero-order chi connectivity index (χ0) is 40.3. The minimum absolute atomic E-state index is 0.901. The number of nitrogens with zero attached hydrogens (tertiary/aromatic N) is 1. The normalized spacial score (nSPS) is 11.6. The van der Waals surface area contributed by atoms with Gasteiger partial charge in [-0.2, -0.15) is 0 Å². The average Bonchev–Trinajstić information content (AvgIpc) is 3.90. The van der Waals surface area contributed by atoms with Gasteiger partial charge >= 0.3 is 0 Å². The van der Waals surface area contributed by atoms with E-state index >= 15 is 0 Å². The highest BCUT2D eigenvalue weighted by Gasteiger charge is 2.16. The fourth-order valence-corrected chi connectivity index (χ4v) is 10.2. The Labute approximate surface area is 357 Å². The van der Waals surface area contributed by atoms with Gasteiger partial charge in [-0.15, -0.1) is 11.3 Å². The van der Waals surface area contributed by atoms with Crippen molar-refractivity contribution in [3.63, 3.8) is 0 Å². The lowest BCUT2D eigenvalue weighted by Crippen LogP contribution is -2.10. The zero-order valence-corrected chi connectivity index (χ0v) is 33.9. The van der Waals surface area contributed by atoms with Gasteiger partial charge in [0, 0.05) is 48.0 Å². The van der Waals surface area contributed by atoms with Crippen LogP contribution in [0.4, 0.5) is 17.1 Å². The summed E-state index contributed by atoms with van der Waals surface area (Å²) in [6, 6.07) is 81.3. The number of benzene rings is 10. The van der Waals surface area contributed by atoms with Crippen molar-refractivity contribution in [2.24, 2.45) is 0 Å². The van der Waals surface area contributed by atoms with E-state index in [0.29, 0.717) is 0 Å². The van der Waals surface area contributed by atoms with Crippen molar-refractivity contribution in [1.29, 1.82) is 0 Å². The monoisotopic (exact) mass is 795 g/mol. The molecule has 0 amide bonds. The van der Waals surface area contributed by atoms with Gasteiger partial charge < -0.3 is 9.32 Å². The molecule has 2 nitrogen and oxygen atoms in total. The van der Waals surface area contributed by atoms with Crippen LogP contribution >= 0.6 is 11.3 Å². The maximum absolute atomic E-state index is 6.17. The number of furan rings is 1. The van der Waals surface area contributed by atoms with Crippen LogP contribution in [-0.2, 0) is 0 Å². The lowest BCUT2D eigenvalue weighted by atomic mass is 9.96. The molecule has 0 radical (unpaired) electrons. The Bertz CT molecular complexity index is 3570. The third-order valence-electron chi connectivity index (χ3n) is 12.1. The average molecular weight is 796 g/mol. The highest BCUT2D eigenvalue weighted by Crippen LogP contribution is 2.41. The summed E-state index contributed by atoms with van der Waals surface area (Å²) in [6.45, 7) is 0. The van der Waals surface area contributed by atoms with Crippen LogP contribution in [0, 0.1) is 0 Å². The van der Waals surface area contributed by atoms with Gasteiger partial charge in [-0.3, -0.25) is 0 Å². The summed E-state index contributed by atoms with van der Waals surface area (Å²) < 4.78 is 8.81. The van der Waals surface area contributed by atoms with E-state index in [1.807, 2.05) is 23.5 Å². The third kappa shape index (κ3) is 6.26. The van der Waals surface area contributed by atoms with Gasteiger partial charge in [-0.25, -0.2) is 0 Å². The molecule has 2 heterocycles. The fraction of sp³-hybridized carbons (Fsp3) is 0. The first kappa shape index (κ1) is 35.2. The summed E-state index contributed by atoms with van der Waals surface area (Å²) in [5.41, 5.74) is 14.6. The van der Waals surface area contributed by atoms with Gasteiger partial charge in [0.15, 0.2) is 0 Å². The van der Waals surface area contributed by atoms with Crippen LogP contribution in [0.1, 0.15) is 0 Å². The maximum Gasteiger partial charge on any atom is 0.135 e. The minimum atomic E-state index is 0.901. The molecule has 286 valence electrons. The molecule has 0 aliphatic carbocycles. The van der Waals surface area contributed by atoms with Gasteiger partial charge in [-0.05, 0) is 122 Å². The zero-order valence-electron chi connectivity index (χ0n) is 33.1. The summed E-state index contributed by atoms with van der Waals surface area (Å²) >= 11 is 1.86. The van der Waals surface area contributed by atoms with E-state index in [1.165, 1.54) is 64.3 Å². The van der Waals surface area contributed by atoms with Crippen LogP contribution in [-0.4, -0.2) is 0 Å². The largest absolute Gasteiger partial charge is 0.456 e. The van der Waals surface area contributed by atoms with E-state index in [2.05, 4.69) is 217 Å². The molecular formula is C58H37NOS. The highest BCUT2D eigenvalue weighted by molar-refractivity contribution is 7.25. The first-order valence-corrected chi connectivity index (χ1v) is 21.5. The van der Waals surface area contributed by atoms with Crippen molar-refractivity contribution in [2.75, 3.05) is 4.90 Å². The molecule has 0 aliphatic rings. The van der Waals surface area contributed by atoms with E-state index in [4.69, 9.17) is 4.42 Å². The number of para-hydroxylation sites is 1. The summed E-state index contributed by atoms with van der Waals surface area (Å²) in [5, 5.41) is 7.42. The lowest BCUT2D eigenvalue weighted by molar-refractivity contribution is 0.669. The number of hydrogen-bond donors (Lipinski definition) is 0. The molecule has 0 saturated heterocycles. The van der Waals surface area contributed by atoms with Crippen molar-refractivity contribution < 1.29 is 4.42 Å². The molecule has 12 aromatic rings. The van der Waals surface area contributed by atoms with Gasteiger partial charge in [0.1, 0.15) is 11.2 Å². The molecule has 0 atom stereocenters. The Morgan fingerprint density at radius 3 is 1.64 bits per heavy atom. The Balaban J connectivity index is 0.913. The quantitative estimate of drug-likeness (QED) is 0.160. The van der Waals surface area contributed by atoms with E-state index < -0.39 is 0 Å². The minimum Gasteiger partial charge on any atom is -0.456 e. The molecule has 0 fully saturated rings. The summed E-state index contributed by atoms with van der Waals surface area (Å²) in [5.74, 6) is 0. The maximum atomic E-state index is 6.17. The van der Waals surface area contributed by atoms with Crippen LogP contribution in [0.15, 0.2) is 229 Å². The number of rotatable bonds is 7. The fourth-order valence-electron chi connectivity index (χ4n) is 9.01. The van der Waals surface area contributed by atoms with Crippen molar-refractivity contribution in [3.05, 3.63) is 224 Å². The first-order chi connectivity index (χ1) is 30.2. The molecule has 3 heteroatoms. The van der Waals surface area contributed by atoms with E-state index in [9.17, 15) is 0 Å². The molecule has 0 saturated carbocycles. The van der Waals surface area contributed by atoms with Crippen molar-refractivity contribution >= 4 is 81.3 Å². The second-order valence-electron chi connectivity index (χ2n) is 15.7. The van der Waals surface area contributed by atoms with E-state index in [1.54, 1.807) is 0 Å². The third-order valence-corrected chi connectivity index (χ3v) is 13.2. The van der Waals surface area contributed by atoms with Gasteiger partial charge in [0.25, 0.3) is 0 Å². The van der Waals surface area contributed by atoms with Crippen LogP contribution in [0.2, 0.25) is 0 Å². The number of thiophene rings is 1. The van der Waals surface area contributed by atoms with Crippen molar-refractivity contribution in [3.8, 4) is 44.5 Å². The molecule has 0 unspecified atom stereocenters. The lowest BCUT2D eigenvalue weighted by Gasteiger charge is -2.26. The first-order valence-electron chi connectivity index (χ1n) is 20.7. The Morgan fingerprint density at radius 1 is 0.295 bits per heavy atom. The van der Waals surface area contributed by atoms with E-state index in [0.717, 1.165) is 50.1 Å².